The van der Waals surface area contributed by atoms with Crippen LogP contribution in [0.2, 0.25) is 5.02 Å². The molecule has 0 aliphatic rings. The number of benzene rings is 1. The molecule has 0 N–H and O–H groups in total. The maximum Gasteiger partial charge on any atom is 0.394 e. The van der Waals surface area contributed by atoms with Gasteiger partial charge in [-0.3, -0.25) is 0 Å². The van der Waals surface area contributed by atoms with Crippen molar-refractivity contribution >= 4 is 22.7 Å². The van der Waals surface area contributed by atoms with Crippen LogP contribution in [-0.2, 0) is 0 Å². The third-order valence-electron chi connectivity index (χ3n) is 1.60. The Morgan fingerprint density at radius 3 is 3.15 bits per heavy atom. The van der Waals surface area contributed by atoms with Crippen molar-refractivity contribution in [3.63, 3.8) is 0 Å². The molecule has 0 atom stereocenters. The van der Waals surface area contributed by atoms with Crippen molar-refractivity contribution < 1.29 is 9.15 Å². The lowest BCUT2D eigenvalue weighted by Crippen LogP contribution is -1.89. The lowest BCUT2D eigenvalue weighted by molar-refractivity contribution is 0.251. The summed E-state index contributed by atoms with van der Waals surface area (Å²) in [4.78, 5) is 4.10. The fourth-order valence-corrected chi connectivity index (χ4v) is 1.22. The highest BCUT2D eigenvalue weighted by Gasteiger charge is 2.05. The summed E-state index contributed by atoms with van der Waals surface area (Å²) < 4.78 is 10.4. The van der Waals surface area contributed by atoms with Crippen LogP contribution in [0.25, 0.3) is 11.1 Å². The largest absolute Gasteiger partial charge is 0.450 e. The average Bonchev–Trinajstić information content (AvgIpc) is 2.46. The highest BCUT2D eigenvalue weighted by Crippen LogP contribution is 2.23. The van der Waals surface area contributed by atoms with Crippen LogP contribution in [0.5, 0.6) is 6.08 Å². The second-order valence-corrected chi connectivity index (χ2v) is 2.96. The molecule has 0 bridgehead atoms. The van der Waals surface area contributed by atoms with Gasteiger partial charge >= 0.3 is 6.08 Å². The Bertz CT molecular complexity index is 424. The molecular formula is C9H8ClNO2. The lowest BCUT2D eigenvalue weighted by Gasteiger charge is -1.91. The van der Waals surface area contributed by atoms with Gasteiger partial charge < -0.3 is 9.15 Å². The molecular weight excluding hydrogens is 190 g/mol. The fourth-order valence-electron chi connectivity index (χ4n) is 1.06. The van der Waals surface area contributed by atoms with E-state index in [1.54, 1.807) is 18.2 Å². The Morgan fingerprint density at radius 2 is 2.38 bits per heavy atom. The first-order chi connectivity index (χ1) is 6.29. The Hall–Kier alpha value is -1.22. The minimum atomic E-state index is 0.291. The molecule has 1 heterocycles. The molecule has 2 rings (SSSR count). The highest BCUT2D eigenvalue weighted by atomic mass is 35.5. The van der Waals surface area contributed by atoms with E-state index in [2.05, 4.69) is 4.98 Å². The van der Waals surface area contributed by atoms with Gasteiger partial charge in [0.1, 0.15) is 5.52 Å². The lowest BCUT2D eigenvalue weighted by atomic mass is 10.3. The first-order valence-electron chi connectivity index (χ1n) is 3.98. The normalized spacial score (nSPS) is 10.6. The Morgan fingerprint density at radius 1 is 1.54 bits per heavy atom. The van der Waals surface area contributed by atoms with Gasteiger partial charge in [0, 0.05) is 11.1 Å². The number of oxazole rings is 1. The van der Waals surface area contributed by atoms with E-state index in [0.29, 0.717) is 23.3 Å². The molecule has 4 heteroatoms. The topological polar surface area (TPSA) is 35.3 Å². The van der Waals surface area contributed by atoms with Crippen molar-refractivity contribution in [3.05, 3.63) is 23.2 Å². The maximum atomic E-state index is 5.78. The third kappa shape index (κ3) is 1.60. The predicted molar refractivity (Wildman–Crippen MR) is 50.2 cm³/mol. The van der Waals surface area contributed by atoms with Crippen molar-refractivity contribution in [3.8, 4) is 6.08 Å². The second-order valence-electron chi connectivity index (χ2n) is 2.52. The van der Waals surface area contributed by atoms with Gasteiger partial charge in [0.25, 0.3) is 0 Å². The van der Waals surface area contributed by atoms with Gasteiger partial charge in [-0.1, -0.05) is 11.6 Å². The van der Waals surface area contributed by atoms with E-state index in [1.807, 2.05) is 6.92 Å². The van der Waals surface area contributed by atoms with E-state index in [0.717, 1.165) is 5.52 Å². The fraction of sp³-hybridized carbons (Fsp3) is 0.222. The van der Waals surface area contributed by atoms with E-state index in [-0.39, 0.29) is 0 Å². The van der Waals surface area contributed by atoms with Crippen LogP contribution >= 0.6 is 11.6 Å². The average molecular weight is 198 g/mol. The van der Waals surface area contributed by atoms with Crippen LogP contribution in [0.4, 0.5) is 0 Å². The molecule has 0 fully saturated rings. The smallest absolute Gasteiger partial charge is 0.394 e. The number of aromatic nitrogens is 1. The molecule has 0 unspecified atom stereocenters. The number of hydrogen-bond acceptors (Lipinski definition) is 3. The van der Waals surface area contributed by atoms with Gasteiger partial charge in [0.2, 0.25) is 0 Å². The number of rotatable bonds is 2. The molecule has 1 aromatic heterocycles. The van der Waals surface area contributed by atoms with Crippen LogP contribution < -0.4 is 4.74 Å². The number of nitrogens with zero attached hydrogens (tertiary/aromatic N) is 1. The number of ether oxygens (including phenoxy) is 1. The molecule has 0 spiro atoms. The molecule has 0 aliphatic heterocycles. The van der Waals surface area contributed by atoms with Crippen molar-refractivity contribution in [2.45, 2.75) is 6.92 Å². The van der Waals surface area contributed by atoms with Crippen LogP contribution in [0.15, 0.2) is 22.6 Å². The maximum absolute atomic E-state index is 5.78. The van der Waals surface area contributed by atoms with Gasteiger partial charge in [0.05, 0.1) is 6.61 Å². The minimum Gasteiger partial charge on any atom is -0.450 e. The van der Waals surface area contributed by atoms with E-state index < -0.39 is 0 Å². The summed E-state index contributed by atoms with van der Waals surface area (Å²) in [6.07, 6.45) is 0.291. The highest BCUT2D eigenvalue weighted by molar-refractivity contribution is 6.31. The van der Waals surface area contributed by atoms with Crippen LogP contribution in [0.1, 0.15) is 6.92 Å². The summed E-state index contributed by atoms with van der Waals surface area (Å²) in [6.45, 7) is 2.42. The van der Waals surface area contributed by atoms with Crippen molar-refractivity contribution in [1.82, 2.24) is 4.98 Å². The van der Waals surface area contributed by atoms with Crippen molar-refractivity contribution in [1.29, 1.82) is 0 Å². The van der Waals surface area contributed by atoms with Crippen molar-refractivity contribution in [2.24, 2.45) is 0 Å². The second kappa shape index (κ2) is 3.26. The van der Waals surface area contributed by atoms with Gasteiger partial charge in [-0.25, -0.2) is 0 Å². The summed E-state index contributed by atoms with van der Waals surface area (Å²) >= 11 is 5.78. The van der Waals surface area contributed by atoms with Gasteiger partial charge in [-0.2, -0.15) is 4.98 Å². The molecule has 0 radical (unpaired) electrons. The quantitative estimate of drug-likeness (QED) is 0.743. The van der Waals surface area contributed by atoms with Gasteiger partial charge in [0.15, 0.2) is 5.58 Å². The van der Waals surface area contributed by atoms with Gasteiger partial charge in [-0.05, 0) is 19.1 Å². The van der Waals surface area contributed by atoms with Crippen LogP contribution in [0.3, 0.4) is 0 Å². The first-order valence-corrected chi connectivity index (χ1v) is 4.36. The number of fused-ring (bicyclic) bond motifs is 1. The first kappa shape index (κ1) is 8.38. The Balaban J connectivity index is 2.49. The molecule has 0 amide bonds. The van der Waals surface area contributed by atoms with E-state index >= 15 is 0 Å². The SMILES string of the molecule is CCOc1nc2ccc(Cl)cc2o1. The summed E-state index contributed by atoms with van der Waals surface area (Å²) in [5.41, 5.74) is 1.41. The summed E-state index contributed by atoms with van der Waals surface area (Å²) in [5.74, 6) is 0. The molecule has 3 nitrogen and oxygen atoms in total. The van der Waals surface area contributed by atoms with Crippen LogP contribution in [-0.4, -0.2) is 11.6 Å². The molecule has 2 aromatic rings. The minimum absolute atomic E-state index is 0.291. The monoisotopic (exact) mass is 197 g/mol. The molecule has 0 saturated carbocycles. The van der Waals surface area contributed by atoms with E-state index in [1.165, 1.54) is 0 Å². The van der Waals surface area contributed by atoms with Gasteiger partial charge in [-0.15, -0.1) is 0 Å². The standard InChI is InChI=1S/C9H8ClNO2/c1-2-12-9-11-7-4-3-6(10)5-8(7)13-9/h3-5H,2H2,1H3. The van der Waals surface area contributed by atoms with Crippen LogP contribution in [0, 0.1) is 0 Å². The molecule has 68 valence electrons. The van der Waals surface area contributed by atoms with Crippen molar-refractivity contribution in [2.75, 3.05) is 6.61 Å². The molecule has 1 aromatic carbocycles. The number of hydrogen-bond donors (Lipinski definition) is 0. The molecule has 0 aliphatic carbocycles. The zero-order chi connectivity index (χ0) is 9.26. The predicted octanol–water partition coefficient (Wildman–Crippen LogP) is 2.88. The zero-order valence-electron chi connectivity index (χ0n) is 7.08. The zero-order valence-corrected chi connectivity index (χ0v) is 7.84. The van der Waals surface area contributed by atoms with E-state index in [4.69, 9.17) is 20.8 Å². The molecule has 0 saturated heterocycles. The Kier molecular flexibility index (Phi) is 2.10. The number of halogens is 1. The van der Waals surface area contributed by atoms with E-state index in [9.17, 15) is 0 Å². The molecule has 13 heavy (non-hydrogen) atoms. The third-order valence-corrected chi connectivity index (χ3v) is 1.83. The summed E-state index contributed by atoms with van der Waals surface area (Å²) in [5, 5.41) is 0.631. The Labute approximate surface area is 80.3 Å². The summed E-state index contributed by atoms with van der Waals surface area (Å²) in [7, 11) is 0. The summed E-state index contributed by atoms with van der Waals surface area (Å²) in [6, 6.07) is 5.28.